The van der Waals surface area contributed by atoms with Gasteiger partial charge in [0.1, 0.15) is 0 Å². The Morgan fingerprint density at radius 2 is 1.64 bits per heavy atom. The molecule has 0 amide bonds. The molecule has 0 radical (unpaired) electrons. The molecule has 172 valence electrons. The molecule has 3 heterocycles. The van der Waals surface area contributed by atoms with Crippen LogP contribution in [0.5, 0.6) is 0 Å². The fourth-order valence-corrected chi connectivity index (χ4v) is 5.19. The van der Waals surface area contributed by atoms with E-state index < -0.39 is 0 Å². The molecule has 1 fully saturated rings. The molecule has 0 N–H and O–H groups in total. The summed E-state index contributed by atoms with van der Waals surface area (Å²) < 4.78 is 6.02. The van der Waals surface area contributed by atoms with Crippen LogP contribution in [0.25, 0.3) is 33.5 Å². The number of likely N-dealkylation sites (tertiary alicyclic amines) is 1. The summed E-state index contributed by atoms with van der Waals surface area (Å²) in [4.78, 5) is 20.3. The zero-order valence-electron chi connectivity index (χ0n) is 19.9. The van der Waals surface area contributed by atoms with Gasteiger partial charge in [0.05, 0.1) is 28.7 Å². The van der Waals surface area contributed by atoms with E-state index in [0.717, 1.165) is 46.6 Å². The van der Waals surface area contributed by atoms with Gasteiger partial charge in [-0.2, -0.15) is 0 Å². The average Bonchev–Trinajstić information content (AvgIpc) is 3.54. The van der Waals surface area contributed by atoms with Gasteiger partial charge < -0.3 is 9.47 Å². The van der Waals surface area contributed by atoms with Crippen molar-refractivity contribution in [2.75, 3.05) is 19.6 Å². The smallest absolute Gasteiger partial charge is 0.329 e. The molecule has 6 nitrogen and oxygen atoms in total. The topological polar surface area (TPSA) is 48.0 Å². The maximum absolute atomic E-state index is 12.9. The van der Waals surface area contributed by atoms with Crippen LogP contribution in [0.15, 0.2) is 53.6 Å². The molecule has 1 saturated heterocycles. The molecule has 4 aromatic rings. The van der Waals surface area contributed by atoms with Crippen LogP contribution >= 0.6 is 0 Å². The third kappa shape index (κ3) is 3.93. The number of rotatable bonds is 7. The van der Waals surface area contributed by atoms with E-state index in [1.54, 1.807) is 0 Å². The number of benzene rings is 2. The number of nitrogens with zero attached hydrogens (tertiary/aromatic N) is 5. The summed E-state index contributed by atoms with van der Waals surface area (Å²) in [6, 6.07) is 15.0. The Morgan fingerprint density at radius 3 is 2.36 bits per heavy atom. The second-order valence-electron chi connectivity index (χ2n) is 9.03. The first kappa shape index (κ1) is 21.7. The van der Waals surface area contributed by atoms with Crippen LogP contribution in [0.2, 0.25) is 0 Å². The molecule has 2 aromatic carbocycles. The van der Waals surface area contributed by atoms with Gasteiger partial charge in [0.15, 0.2) is 0 Å². The van der Waals surface area contributed by atoms with Crippen molar-refractivity contribution in [2.45, 2.75) is 53.2 Å². The van der Waals surface area contributed by atoms with E-state index in [-0.39, 0.29) is 5.69 Å². The SMILES string of the molecule is CCn1c(=O)n(CC)c2cc(-c3c(-c4cccc(C)c4)ncn3CCN3CCCC3)ccc21. The molecular weight excluding hydrogens is 410 g/mol. The second kappa shape index (κ2) is 9.02. The van der Waals surface area contributed by atoms with Gasteiger partial charge >= 0.3 is 5.69 Å². The minimum absolute atomic E-state index is 0.0635. The maximum Gasteiger partial charge on any atom is 0.329 e. The fraction of sp³-hybridized carbons (Fsp3) is 0.407. The predicted molar refractivity (Wildman–Crippen MR) is 135 cm³/mol. The van der Waals surface area contributed by atoms with E-state index in [1.807, 2.05) is 29.3 Å². The van der Waals surface area contributed by atoms with E-state index in [4.69, 9.17) is 4.98 Å². The first-order valence-corrected chi connectivity index (χ1v) is 12.2. The Morgan fingerprint density at radius 1 is 0.879 bits per heavy atom. The predicted octanol–water partition coefficient (Wildman–Crippen LogP) is 4.78. The van der Waals surface area contributed by atoms with Gasteiger partial charge in [-0.1, -0.05) is 29.8 Å². The van der Waals surface area contributed by atoms with Crippen molar-refractivity contribution in [1.29, 1.82) is 0 Å². The quantitative estimate of drug-likeness (QED) is 0.413. The minimum Gasteiger partial charge on any atom is -0.329 e. The van der Waals surface area contributed by atoms with Crippen molar-refractivity contribution in [3.05, 3.63) is 64.8 Å². The molecule has 33 heavy (non-hydrogen) atoms. The third-order valence-corrected chi connectivity index (χ3v) is 6.91. The van der Waals surface area contributed by atoms with Crippen molar-refractivity contribution >= 4 is 11.0 Å². The lowest BCUT2D eigenvalue weighted by atomic mass is 10.0. The van der Waals surface area contributed by atoms with Crippen LogP contribution in [0, 0.1) is 6.92 Å². The van der Waals surface area contributed by atoms with Gasteiger partial charge in [-0.25, -0.2) is 9.78 Å². The largest absolute Gasteiger partial charge is 0.329 e. The summed E-state index contributed by atoms with van der Waals surface area (Å²) in [5.74, 6) is 0. The van der Waals surface area contributed by atoms with Gasteiger partial charge in [0, 0.05) is 37.3 Å². The lowest BCUT2D eigenvalue weighted by Crippen LogP contribution is -2.24. The van der Waals surface area contributed by atoms with Crippen LogP contribution in [0.1, 0.15) is 32.3 Å². The van der Waals surface area contributed by atoms with Crippen LogP contribution < -0.4 is 5.69 Å². The zero-order chi connectivity index (χ0) is 22.9. The summed E-state index contributed by atoms with van der Waals surface area (Å²) in [5.41, 5.74) is 7.63. The molecule has 0 aliphatic carbocycles. The Hall–Kier alpha value is -3.12. The summed E-state index contributed by atoms with van der Waals surface area (Å²) in [6.45, 7) is 11.8. The highest BCUT2D eigenvalue weighted by Gasteiger charge is 2.19. The monoisotopic (exact) mass is 443 g/mol. The van der Waals surface area contributed by atoms with Crippen molar-refractivity contribution in [3.63, 3.8) is 0 Å². The van der Waals surface area contributed by atoms with E-state index in [2.05, 4.69) is 58.9 Å². The molecule has 5 rings (SSSR count). The maximum atomic E-state index is 12.9. The van der Waals surface area contributed by atoms with Crippen molar-refractivity contribution in [3.8, 4) is 22.5 Å². The van der Waals surface area contributed by atoms with Crippen molar-refractivity contribution < 1.29 is 0 Å². The number of aryl methyl sites for hydroxylation is 3. The molecule has 1 aliphatic heterocycles. The Bertz CT molecular complexity index is 1340. The van der Waals surface area contributed by atoms with Gasteiger partial charge in [-0.3, -0.25) is 9.13 Å². The molecule has 2 aromatic heterocycles. The summed E-state index contributed by atoms with van der Waals surface area (Å²) in [7, 11) is 0. The molecule has 0 atom stereocenters. The van der Waals surface area contributed by atoms with E-state index in [9.17, 15) is 4.79 Å². The highest BCUT2D eigenvalue weighted by molar-refractivity contribution is 5.86. The highest BCUT2D eigenvalue weighted by Crippen LogP contribution is 2.33. The third-order valence-electron chi connectivity index (χ3n) is 6.91. The van der Waals surface area contributed by atoms with Crippen molar-refractivity contribution in [1.82, 2.24) is 23.6 Å². The Labute approximate surface area is 195 Å². The van der Waals surface area contributed by atoms with Gasteiger partial charge in [-0.15, -0.1) is 0 Å². The molecule has 0 bridgehead atoms. The van der Waals surface area contributed by atoms with E-state index in [1.165, 1.54) is 31.5 Å². The van der Waals surface area contributed by atoms with Gasteiger partial charge in [0.25, 0.3) is 0 Å². The molecular formula is C27H33N5O. The number of imidazole rings is 2. The zero-order valence-corrected chi connectivity index (χ0v) is 19.9. The molecule has 1 aliphatic rings. The number of fused-ring (bicyclic) bond motifs is 1. The number of hydrogen-bond acceptors (Lipinski definition) is 3. The standard InChI is InChI=1S/C27H33N5O/c1-4-31-23-12-11-22(18-24(23)32(5-2)27(31)33)26-25(21-10-8-9-20(3)17-21)28-19-30(26)16-15-29-13-6-7-14-29/h8-12,17-19H,4-7,13-16H2,1-3H3. The molecule has 0 spiro atoms. The van der Waals surface area contributed by atoms with E-state index >= 15 is 0 Å². The average molecular weight is 444 g/mol. The van der Waals surface area contributed by atoms with Gasteiger partial charge in [-0.05, 0) is 64.9 Å². The Kier molecular flexibility index (Phi) is 5.94. The van der Waals surface area contributed by atoms with Crippen LogP contribution in [0.4, 0.5) is 0 Å². The van der Waals surface area contributed by atoms with Crippen LogP contribution in [-0.4, -0.2) is 43.2 Å². The van der Waals surface area contributed by atoms with Crippen LogP contribution in [0.3, 0.4) is 0 Å². The first-order valence-electron chi connectivity index (χ1n) is 12.2. The van der Waals surface area contributed by atoms with Crippen LogP contribution in [-0.2, 0) is 19.6 Å². The van der Waals surface area contributed by atoms with Crippen molar-refractivity contribution in [2.24, 2.45) is 0 Å². The summed E-state index contributed by atoms with van der Waals surface area (Å²) in [5, 5.41) is 0. The summed E-state index contributed by atoms with van der Waals surface area (Å²) in [6.07, 6.45) is 4.58. The first-order chi connectivity index (χ1) is 16.1. The lowest BCUT2D eigenvalue weighted by molar-refractivity contribution is 0.323. The van der Waals surface area contributed by atoms with E-state index in [0.29, 0.717) is 13.1 Å². The van der Waals surface area contributed by atoms with Gasteiger partial charge in [0.2, 0.25) is 0 Å². The summed E-state index contributed by atoms with van der Waals surface area (Å²) >= 11 is 0. The molecule has 0 saturated carbocycles. The minimum atomic E-state index is 0.0635. The second-order valence-corrected chi connectivity index (χ2v) is 9.03. The Balaban J connectivity index is 1.65. The molecule has 6 heteroatoms. The molecule has 0 unspecified atom stereocenters. The number of hydrogen-bond donors (Lipinski definition) is 0. The lowest BCUT2D eigenvalue weighted by Gasteiger charge is -2.17. The number of aromatic nitrogens is 4. The normalized spacial score (nSPS) is 14.5. The highest BCUT2D eigenvalue weighted by atomic mass is 16.1. The fourth-order valence-electron chi connectivity index (χ4n) is 5.19.